The van der Waals surface area contributed by atoms with Crippen molar-refractivity contribution in [2.24, 2.45) is 0 Å². The van der Waals surface area contributed by atoms with Crippen LogP contribution in [-0.4, -0.2) is 18.0 Å². The first-order chi connectivity index (χ1) is 13.5. The Kier molecular flexibility index (Phi) is 6.32. The topological polar surface area (TPSA) is 75.0 Å². The highest BCUT2D eigenvalue weighted by molar-refractivity contribution is 7.13. The minimum Gasteiger partial charge on any atom is -0.497 e. The van der Waals surface area contributed by atoms with Crippen LogP contribution in [0.4, 0.5) is 5.69 Å². The summed E-state index contributed by atoms with van der Waals surface area (Å²) in [6.07, 6.45) is 1.42. The van der Waals surface area contributed by atoms with E-state index in [0.29, 0.717) is 5.69 Å². The van der Waals surface area contributed by atoms with Crippen molar-refractivity contribution in [1.29, 1.82) is 5.26 Å². The van der Waals surface area contributed by atoms with Gasteiger partial charge >= 0.3 is 0 Å². The highest BCUT2D eigenvalue weighted by atomic mass is 35.5. The van der Waals surface area contributed by atoms with E-state index in [1.54, 1.807) is 30.7 Å². The lowest BCUT2D eigenvalue weighted by Crippen LogP contribution is -2.14. The molecule has 3 rings (SSSR count). The maximum Gasteiger partial charge on any atom is 0.266 e. The molecule has 28 heavy (non-hydrogen) atoms. The van der Waals surface area contributed by atoms with E-state index in [2.05, 4.69) is 10.3 Å². The van der Waals surface area contributed by atoms with Gasteiger partial charge in [0.25, 0.3) is 5.91 Å². The fourth-order valence-corrected chi connectivity index (χ4v) is 3.60. The number of carbonyl (C=O) groups is 1. The molecule has 0 aliphatic carbocycles. The van der Waals surface area contributed by atoms with Crippen LogP contribution in [0.1, 0.15) is 5.69 Å². The van der Waals surface area contributed by atoms with Gasteiger partial charge in [0, 0.05) is 10.9 Å². The molecule has 0 spiro atoms. The van der Waals surface area contributed by atoms with E-state index in [-0.39, 0.29) is 21.3 Å². The van der Waals surface area contributed by atoms with Crippen LogP contribution in [0.15, 0.2) is 53.4 Å². The van der Waals surface area contributed by atoms with Crippen molar-refractivity contribution >= 4 is 52.2 Å². The van der Waals surface area contributed by atoms with Crippen LogP contribution in [-0.2, 0) is 4.79 Å². The van der Waals surface area contributed by atoms with E-state index < -0.39 is 5.91 Å². The summed E-state index contributed by atoms with van der Waals surface area (Å²) in [5.74, 6) is 0.104. The Hall–Kier alpha value is -2.85. The van der Waals surface area contributed by atoms with E-state index in [9.17, 15) is 10.1 Å². The maximum absolute atomic E-state index is 12.5. The molecule has 1 amide bonds. The Labute approximate surface area is 175 Å². The lowest BCUT2D eigenvalue weighted by atomic mass is 10.2. The number of methoxy groups -OCH3 is 1. The fraction of sp³-hybridized carbons (Fsp3) is 0.0500. The molecular formula is C20H13Cl2N3O2S. The molecule has 1 heterocycles. The van der Waals surface area contributed by atoms with Gasteiger partial charge in [0.05, 0.1) is 28.5 Å². The number of nitriles is 1. The Morgan fingerprint density at radius 3 is 2.64 bits per heavy atom. The van der Waals surface area contributed by atoms with Crippen LogP contribution in [0.2, 0.25) is 10.0 Å². The van der Waals surface area contributed by atoms with Crippen LogP contribution >= 0.6 is 34.5 Å². The van der Waals surface area contributed by atoms with Gasteiger partial charge in [-0.3, -0.25) is 4.79 Å². The lowest BCUT2D eigenvalue weighted by molar-refractivity contribution is -0.112. The summed E-state index contributed by atoms with van der Waals surface area (Å²) >= 11 is 13.5. The van der Waals surface area contributed by atoms with Gasteiger partial charge in [0.1, 0.15) is 22.4 Å². The average Bonchev–Trinajstić information content (AvgIpc) is 3.17. The minimum atomic E-state index is -0.617. The number of aromatic nitrogens is 1. The first kappa shape index (κ1) is 19.9. The molecule has 2 aromatic carbocycles. The minimum absolute atomic E-state index is 0.113. The normalized spacial score (nSPS) is 11.0. The first-order valence-corrected chi connectivity index (χ1v) is 9.62. The second-order valence-corrected chi connectivity index (χ2v) is 7.20. The summed E-state index contributed by atoms with van der Waals surface area (Å²) in [5.41, 5.74) is 1.53. The van der Waals surface area contributed by atoms with Crippen LogP contribution in [0.3, 0.4) is 0 Å². The van der Waals surface area contributed by atoms with E-state index in [1.165, 1.54) is 17.4 Å². The highest BCUT2D eigenvalue weighted by Gasteiger charge is 2.15. The predicted octanol–water partition coefficient (Wildman–Crippen LogP) is 5.67. The van der Waals surface area contributed by atoms with E-state index in [4.69, 9.17) is 27.9 Å². The molecule has 0 aliphatic heterocycles. The summed E-state index contributed by atoms with van der Waals surface area (Å²) < 4.78 is 5.22. The molecule has 0 radical (unpaired) electrons. The van der Waals surface area contributed by atoms with Crippen molar-refractivity contribution in [3.8, 4) is 22.4 Å². The number of halogens is 2. The molecule has 0 saturated heterocycles. The number of benzene rings is 2. The molecule has 0 aliphatic rings. The number of rotatable bonds is 5. The molecule has 140 valence electrons. The number of carbonyl (C=O) groups excluding carboxylic acids is 1. The molecule has 0 saturated carbocycles. The third-order valence-corrected chi connectivity index (χ3v) is 5.24. The highest BCUT2D eigenvalue weighted by Crippen LogP contribution is 2.31. The van der Waals surface area contributed by atoms with Crippen molar-refractivity contribution in [3.63, 3.8) is 0 Å². The average molecular weight is 430 g/mol. The zero-order valence-corrected chi connectivity index (χ0v) is 16.9. The Bertz CT molecular complexity index is 1080. The Balaban J connectivity index is 1.84. The molecule has 0 atom stereocenters. The first-order valence-electron chi connectivity index (χ1n) is 7.99. The molecule has 0 bridgehead atoms. The lowest BCUT2D eigenvalue weighted by Gasteiger charge is -2.08. The molecule has 3 aromatic rings. The van der Waals surface area contributed by atoms with Gasteiger partial charge in [-0.2, -0.15) is 5.26 Å². The smallest absolute Gasteiger partial charge is 0.266 e. The van der Waals surface area contributed by atoms with Crippen LogP contribution < -0.4 is 10.1 Å². The molecular weight excluding hydrogens is 417 g/mol. The number of thiazole rings is 1. The van der Waals surface area contributed by atoms with Crippen LogP contribution in [0.5, 0.6) is 5.75 Å². The molecule has 1 N–H and O–H groups in total. The number of nitrogens with zero attached hydrogens (tertiary/aromatic N) is 2. The molecule has 0 fully saturated rings. The third kappa shape index (κ3) is 4.52. The van der Waals surface area contributed by atoms with Gasteiger partial charge in [-0.15, -0.1) is 11.3 Å². The van der Waals surface area contributed by atoms with E-state index >= 15 is 0 Å². The second-order valence-electron chi connectivity index (χ2n) is 5.53. The number of hydrogen-bond donors (Lipinski definition) is 1. The van der Waals surface area contributed by atoms with Gasteiger partial charge in [-0.1, -0.05) is 41.4 Å². The van der Waals surface area contributed by atoms with Crippen LogP contribution in [0, 0.1) is 11.3 Å². The second kappa shape index (κ2) is 8.89. The van der Waals surface area contributed by atoms with Crippen LogP contribution in [0.25, 0.3) is 16.6 Å². The van der Waals surface area contributed by atoms with Gasteiger partial charge in [-0.25, -0.2) is 4.98 Å². The molecule has 8 heteroatoms. The van der Waals surface area contributed by atoms with Gasteiger partial charge in [0.2, 0.25) is 0 Å². The molecule has 0 unspecified atom stereocenters. The number of amides is 1. The molecule has 1 aromatic heterocycles. The zero-order valence-electron chi connectivity index (χ0n) is 14.6. The Morgan fingerprint density at radius 1 is 1.25 bits per heavy atom. The van der Waals surface area contributed by atoms with Crippen molar-refractivity contribution in [1.82, 2.24) is 4.98 Å². The van der Waals surface area contributed by atoms with Crippen molar-refractivity contribution in [2.45, 2.75) is 0 Å². The standard InChI is InChI=1S/C20H13Cl2N3O2S/c1-27-15-5-2-4-12(9-15)20-24-14(11-28-20)8-13(10-23)19(26)25-18-16(21)6-3-7-17(18)22/h2-9,11H,1H3,(H,25,26)/b13-8-. The van der Waals surface area contributed by atoms with Gasteiger partial charge in [-0.05, 0) is 30.3 Å². The van der Waals surface area contributed by atoms with Crippen molar-refractivity contribution < 1.29 is 9.53 Å². The van der Waals surface area contributed by atoms with Gasteiger partial charge < -0.3 is 10.1 Å². The summed E-state index contributed by atoms with van der Waals surface area (Å²) in [7, 11) is 1.60. The summed E-state index contributed by atoms with van der Waals surface area (Å²) in [6.45, 7) is 0. The summed E-state index contributed by atoms with van der Waals surface area (Å²) in [6, 6.07) is 14.2. The number of ether oxygens (including phenoxy) is 1. The maximum atomic E-state index is 12.5. The van der Waals surface area contributed by atoms with Gasteiger partial charge in [0.15, 0.2) is 0 Å². The molecule has 5 nitrogen and oxygen atoms in total. The number of para-hydroxylation sites is 1. The van der Waals surface area contributed by atoms with E-state index in [0.717, 1.165) is 16.3 Å². The fourth-order valence-electron chi connectivity index (χ4n) is 2.34. The zero-order chi connectivity index (χ0) is 20.1. The summed E-state index contributed by atoms with van der Waals surface area (Å²) in [4.78, 5) is 16.9. The monoisotopic (exact) mass is 429 g/mol. The Morgan fingerprint density at radius 2 is 1.96 bits per heavy atom. The largest absolute Gasteiger partial charge is 0.497 e. The van der Waals surface area contributed by atoms with E-state index in [1.807, 2.05) is 30.3 Å². The number of anilines is 1. The SMILES string of the molecule is COc1cccc(-c2nc(/C=C(/C#N)C(=O)Nc3c(Cl)cccc3Cl)cs2)c1. The predicted molar refractivity (Wildman–Crippen MR) is 113 cm³/mol. The number of nitrogens with one attached hydrogen (secondary N) is 1. The number of hydrogen-bond acceptors (Lipinski definition) is 5. The third-order valence-electron chi connectivity index (χ3n) is 3.70. The summed E-state index contributed by atoms with van der Waals surface area (Å²) in [5, 5.41) is 15.0. The van der Waals surface area contributed by atoms with Crippen molar-refractivity contribution in [2.75, 3.05) is 12.4 Å². The quantitative estimate of drug-likeness (QED) is 0.418. The van der Waals surface area contributed by atoms with Crippen molar-refractivity contribution in [3.05, 3.63) is 69.2 Å².